The second-order valence-electron chi connectivity index (χ2n) is 5.85. The fraction of sp³-hybridized carbons (Fsp3) is 0.923. The lowest BCUT2D eigenvalue weighted by Gasteiger charge is -2.26. The second-order valence-corrected chi connectivity index (χ2v) is 5.85. The summed E-state index contributed by atoms with van der Waals surface area (Å²) < 4.78 is 5.62. The summed E-state index contributed by atoms with van der Waals surface area (Å²) in [5.41, 5.74) is -0.217. The van der Waals surface area contributed by atoms with Crippen molar-refractivity contribution in [2.75, 3.05) is 26.7 Å². The SMILES string of the molecule is CN(CC(O)C1CC1)C(=O)NCC1(C)CCCO1. The maximum atomic E-state index is 11.9. The molecule has 5 heteroatoms. The molecule has 1 aliphatic heterocycles. The Bertz CT molecular complexity index is 299. The van der Waals surface area contributed by atoms with Gasteiger partial charge in [0, 0.05) is 26.7 Å². The number of aliphatic hydroxyl groups excluding tert-OH is 1. The topological polar surface area (TPSA) is 61.8 Å². The average molecular weight is 256 g/mol. The fourth-order valence-corrected chi connectivity index (χ4v) is 2.37. The van der Waals surface area contributed by atoms with Crippen molar-refractivity contribution in [1.29, 1.82) is 0 Å². The molecule has 1 saturated heterocycles. The molecule has 0 bridgehead atoms. The van der Waals surface area contributed by atoms with Crippen molar-refractivity contribution in [1.82, 2.24) is 10.2 Å². The summed E-state index contributed by atoms with van der Waals surface area (Å²) in [6.07, 6.45) is 3.84. The van der Waals surface area contributed by atoms with E-state index in [0.717, 1.165) is 32.3 Å². The summed E-state index contributed by atoms with van der Waals surface area (Å²) in [6, 6.07) is -0.133. The molecule has 2 rings (SSSR count). The van der Waals surface area contributed by atoms with Crippen LogP contribution in [0.4, 0.5) is 4.79 Å². The third-order valence-electron chi connectivity index (χ3n) is 3.89. The first-order chi connectivity index (χ1) is 8.50. The van der Waals surface area contributed by atoms with Crippen molar-refractivity contribution in [3.05, 3.63) is 0 Å². The number of rotatable bonds is 5. The van der Waals surface area contributed by atoms with Crippen molar-refractivity contribution in [2.45, 2.75) is 44.3 Å². The molecule has 18 heavy (non-hydrogen) atoms. The summed E-state index contributed by atoms with van der Waals surface area (Å²) in [4.78, 5) is 13.4. The standard InChI is InChI=1S/C13H24N2O3/c1-13(6-3-7-18-13)9-14-12(17)15(2)8-11(16)10-4-5-10/h10-11,16H,3-9H2,1-2H3,(H,14,17). The highest BCUT2D eigenvalue weighted by atomic mass is 16.5. The van der Waals surface area contributed by atoms with E-state index in [-0.39, 0.29) is 17.7 Å². The first-order valence-electron chi connectivity index (χ1n) is 6.81. The van der Waals surface area contributed by atoms with Crippen LogP contribution in [0.2, 0.25) is 0 Å². The van der Waals surface area contributed by atoms with Gasteiger partial charge in [-0.05, 0) is 38.5 Å². The largest absolute Gasteiger partial charge is 0.391 e. The molecule has 1 aliphatic carbocycles. The molecule has 1 saturated carbocycles. The van der Waals surface area contributed by atoms with E-state index in [4.69, 9.17) is 4.74 Å². The molecule has 2 fully saturated rings. The van der Waals surface area contributed by atoms with E-state index in [2.05, 4.69) is 5.32 Å². The number of carbonyl (C=O) groups excluding carboxylic acids is 1. The van der Waals surface area contributed by atoms with Crippen LogP contribution >= 0.6 is 0 Å². The van der Waals surface area contributed by atoms with Crippen LogP contribution in [0.25, 0.3) is 0 Å². The van der Waals surface area contributed by atoms with E-state index in [1.807, 2.05) is 6.92 Å². The van der Waals surface area contributed by atoms with Gasteiger partial charge in [0.05, 0.1) is 11.7 Å². The minimum absolute atomic E-state index is 0.133. The van der Waals surface area contributed by atoms with Crippen molar-refractivity contribution in [3.63, 3.8) is 0 Å². The maximum Gasteiger partial charge on any atom is 0.317 e. The Morgan fingerprint density at radius 3 is 2.89 bits per heavy atom. The van der Waals surface area contributed by atoms with Crippen molar-refractivity contribution in [3.8, 4) is 0 Å². The van der Waals surface area contributed by atoms with Gasteiger partial charge >= 0.3 is 6.03 Å². The number of aliphatic hydroxyl groups is 1. The van der Waals surface area contributed by atoms with E-state index in [1.165, 1.54) is 0 Å². The molecule has 0 radical (unpaired) electrons. The zero-order chi connectivity index (χ0) is 13.2. The van der Waals surface area contributed by atoms with Crippen LogP contribution in [-0.4, -0.2) is 54.5 Å². The molecule has 5 nitrogen and oxygen atoms in total. The van der Waals surface area contributed by atoms with Gasteiger partial charge in [-0.3, -0.25) is 0 Å². The van der Waals surface area contributed by atoms with E-state index in [0.29, 0.717) is 19.0 Å². The number of hydrogen-bond acceptors (Lipinski definition) is 3. The van der Waals surface area contributed by atoms with Gasteiger partial charge in [-0.15, -0.1) is 0 Å². The molecule has 1 heterocycles. The maximum absolute atomic E-state index is 11.9. The first kappa shape index (κ1) is 13.6. The smallest absolute Gasteiger partial charge is 0.317 e. The van der Waals surface area contributed by atoms with Gasteiger partial charge < -0.3 is 20.1 Å². The molecule has 2 aliphatic rings. The second kappa shape index (κ2) is 5.45. The van der Waals surface area contributed by atoms with Crippen molar-refractivity contribution < 1.29 is 14.6 Å². The van der Waals surface area contributed by atoms with Gasteiger partial charge in [0.2, 0.25) is 0 Å². The average Bonchev–Trinajstić information content (AvgIpc) is 3.10. The Balaban J connectivity index is 1.69. The molecule has 0 aromatic carbocycles. The van der Waals surface area contributed by atoms with Gasteiger partial charge in [0.25, 0.3) is 0 Å². The van der Waals surface area contributed by atoms with E-state index in [1.54, 1.807) is 11.9 Å². The summed E-state index contributed by atoms with van der Waals surface area (Å²) in [5, 5.41) is 12.7. The van der Waals surface area contributed by atoms with Gasteiger partial charge in [-0.2, -0.15) is 0 Å². The van der Waals surface area contributed by atoms with Crippen molar-refractivity contribution in [2.24, 2.45) is 5.92 Å². The normalized spacial score (nSPS) is 29.1. The fourth-order valence-electron chi connectivity index (χ4n) is 2.37. The quantitative estimate of drug-likeness (QED) is 0.770. The number of ether oxygens (including phenoxy) is 1. The Hall–Kier alpha value is -0.810. The summed E-state index contributed by atoms with van der Waals surface area (Å²) >= 11 is 0. The number of carbonyl (C=O) groups is 1. The Kier molecular flexibility index (Phi) is 4.12. The molecule has 2 amide bonds. The van der Waals surface area contributed by atoms with Crippen LogP contribution in [0.1, 0.15) is 32.6 Å². The molecule has 2 unspecified atom stereocenters. The van der Waals surface area contributed by atoms with Crippen molar-refractivity contribution >= 4 is 6.03 Å². The van der Waals surface area contributed by atoms with Gasteiger partial charge in [0.15, 0.2) is 0 Å². The third kappa shape index (κ3) is 3.59. The number of nitrogens with one attached hydrogen (secondary N) is 1. The molecular weight excluding hydrogens is 232 g/mol. The first-order valence-corrected chi connectivity index (χ1v) is 6.81. The monoisotopic (exact) mass is 256 g/mol. The zero-order valence-corrected chi connectivity index (χ0v) is 11.3. The highest BCUT2D eigenvalue weighted by Crippen LogP contribution is 2.32. The van der Waals surface area contributed by atoms with Gasteiger partial charge in [-0.1, -0.05) is 0 Å². The van der Waals surface area contributed by atoms with Crippen LogP contribution in [0, 0.1) is 5.92 Å². The van der Waals surface area contributed by atoms with E-state index < -0.39 is 0 Å². The molecular formula is C13H24N2O3. The Morgan fingerprint density at radius 1 is 1.61 bits per heavy atom. The minimum Gasteiger partial charge on any atom is -0.391 e. The molecule has 0 spiro atoms. The van der Waals surface area contributed by atoms with E-state index >= 15 is 0 Å². The molecule has 104 valence electrons. The Labute approximate surface area is 108 Å². The van der Waals surface area contributed by atoms with Crippen LogP contribution in [0.3, 0.4) is 0 Å². The van der Waals surface area contributed by atoms with Crippen LogP contribution < -0.4 is 5.32 Å². The van der Waals surface area contributed by atoms with Crippen LogP contribution in [0.5, 0.6) is 0 Å². The summed E-state index contributed by atoms with van der Waals surface area (Å²) in [7, 11) is 1.72. The number of likely N-dealkylation sites (N-methyl/N-ethyl adjacent to an activating group) is 1. The highest BCUT2D eigenvalue weighted by Gasteiger charge is 2.32. The van der Waals surface area contributed by atoms with E-state index in [9.17, 15) is 9.90 Å². The predicted octanol–water partition coefficient (Wildman–Crippen LogP) is 0.968. The lowest BCUT2D eigenvalue weighted by molar-refractivity contribution is 0.0216. The summed E-state index contributed by atoms with van der Waals surface area (Å²) in [6.45, 7) is 3.76. The lowest BCUT2D eigenvalue weighted by atomic mass is 10.0. The minimum atomic E-state index is -0.376. The molecule has 0 aromatic rings. The number of amides is 2. The number of nitrogens with zero attached hydrogens (tertiary/aromatic N) is 1. The number of hydrogen-bond donors (Lipinski definition) is 2. The predicted molar refractivity (Wildman–Crippen MR) is 68.4 cm³/mol. The van der Waals surface area contributed by atoms with Crippen LogP contribution in [-0.2, 0) is 4.74 Å². The molecule has 2 atom stereocenters. The van der Waals surface area contributed by atoms with Crippen LogP contribution in [0.15, 0.2) is 0 Å². The number of urea groups is 1. The summed E-state index contributed by atoms with van der Waals surface area (Å²) in [5.74, 6) is 0.399. The Morgan fingerprint density at radius 2 is 2.33 bits per heavy atom. The zero-order valence-electron chi connectivity index (χ0n) is 11.3. The lowest BCUT2D eigenvalue weighted by Crippen LogP contribution is -2.47. The highest BCUT2D eigenvalue weighted by molar-refractivity contribution is 5.73. The van der Waals surface area contributed by atoms with Gasteiger partial charge in [0.1, 0.15) is 0 Å². The van der Waals surface area contributed by atoms with Gasteiger partial charge in [-0.25, -0.2) is 4.79 Å². The molecule has 0 aromatic heterocycles. The molecule has 2 N–H and O–H groups in total. The third-order valence-corrected chi connectivity index (χ3v) is 3.89.